The Bertz CT molecular complexity index is 1370. The topological polar surface area (TPSA) is 164 Å². The predicted molar refractivity (Wildman–Crippen MR) is 153 cm³/mol. The molecule has 3 aromatic rings. The molecule has 5 N–H and O–H groups in total. The quantitative estimate of drug-likeness (QED) is 0.160. The Kier molecular flexibility index (Phi) is 9.30. The summed E-state index contributed by atoms with van der Waals surface area (Å²) in [6, 6.07) is 12.8. The average Bonchev–Trinajstić information content (AvgIpc) is 3.37. The predicted octanol–water partition coefficient (Wildman–Crippen LogP) is 3.58. The van der Waals surface area contributed by atoms with Gasteiger partial charge in [0.05, 0.1) is 12.5 Å². The summed E-state index contributed by atoms with van der Waals surface area (Å²) in [7, 11) is 1.56. The Morgan fingerprint density at radius 2 is 1.90 bits per heavy atom. The van der Waals surface area contributed by atoms with Crippen molar-refractivity contribution in [3.05, 3.63) is 60.3 Å². The van der Waals surface area contributed by atoms with Crippen molar-refractivity contribution >= 4 is 40.9 Å². The lowest BCUT2D eigenvalue weighted by molar-refractivity contribution is -0.134. The standard InChI is InChI=1S/C28H34N10O2/c1-4-26(39)38(3)18(2)27(40)31-15-14-30-23-17-24(33-25-16-22(36-37-25)20-6-5-7-20)35-28(34-23)32-21-10-8-19(9-11-21)12-13-29/h4,8-11,16-18,20H,1,5-7,12,14-15H2,2-3H3,(H,31,40)(H4,30,32,33,34,35,36,37)/t18-/m0/s1. The molecule has 1 aromatic carbocycles. The highest BCUT2D eigenvalue weighted by Crippen LogP contribution is 2.36. The van der Waals surface area contributed by atoms with Gasteiger partial charge in [-0.1, -0.05) is 25.1 Å². The highest BCUT2D eigenvalue weighted by atomic mass is 16.2. The number of carbonyl (C=O) groups excluding carboxylic acids is 2. The van der Waals surface area contributed by atoms with Crippen LogP contribution in [0.3, 0.4) is 0 Å². The number of amides is 2. The van der Waals surface area contributed by atoms with Gasteiger partial charge >= 0.3 is 0 Å². The van der Waals surface area contributed by atoms with E-state index >= 15 is 0 Å². The molecular weight excluding hydrogens is 508 g/mol. The number of hydrogen-bond donors (Lipinski definition) is 5. The molecule has 0 saturated heterocycles. The fourth-order valence-corrected chi connectivity index (χ4v) is 4.08. The molecule has 1 aliphatic carbocycles. The monoisotopic (exact) mass is 542 g/mol. The SMILES string of the molecule is C=CC(=O)N(C)[C@@H](C)C(=O)NCCNc1cc(Nc2cc(C3CCC3)[nH]n2)nc(Nc2ccc(CC#N)cc2)n1. The normalized spacial score (nSPS) is 13.3. The average molecular weight is 543 g/mol. The fourth-order valence-electron chi connectivity index (χ4n) is 4.08. The number of anilines is 5. The van der Waals surface area contributed by atoms with Crippen LogP contribution in [0, 0.1) is 11.3 Å². The van der Waals surface area contributed by atoms with Crippen LogP contribution in [0.2, 0.25) is 0 Å². The maximum atomic E-state index is 12.4. The van der Waals surface area contributed by atoms with E-state index in [4.69, 9.17) is 5.26 Å². The first-order valence-electron chi connectivity index (χ1n) is 13.2. The Morgan fingerprint density at radius 1 is 1.15 bits per heavy atom. The first kappa shape index (κ1) is 28.1. The molecule has 40 heavy (non-hydrogen) atoms. The zero-order chi connectivity index (χ0) is 28.5. The molecule has 1 saturated carbocycles. The second kappa shape index (κ2) is 13.2. The number of carbonyl (C=O) groups is 2. The van der Waals surface area contributed by atoms with Crippen LogP contribution in [0.1, 0.15) is 43.4 Å². The zero-order valence-electron chi connectivity index (χ0n) is 22.7. The third kappa shape index (κ3) is 7.35. The summed E-state index contributed by atoms with van der Waals surface area (Å²) >= 11 is 0. The van der Waals surface area contributed by atoms with Gasteiger partial charge in [0.15, 0.2) is 5.82 Å². The van der Waals surface area contributed by atoms with Gasteiger partial charge in [0.1, 0.15) is 17.7 Å². The smallest absolute Gasteiger partial charge is 0.246 e. The number of aromatic amines is 1. The van der Waals surface area contributed by atoms with Crippen LogP contribution >= 0.6 is 0 Å². The van der Waals surface area contributed by atoms with Gasteiger partial charge in [0, 0.05) is 49.6 Å². The van der Waals surface area contributed by atoms with E-state index in [1.165, 1.54) is 30.2 Å². The van der Waals surface area contributed by atoms with Crippen molar-refractivity contribution in [3.63, 3.8) is 0 Å². The first-order valence-corrected chi connectivity index (χ1v) is 13.2. The molecule has 1 atom stereocenters. The van der Waals surface area contributed by atoms with E-state index in [9.17, 15) is 9.59 Å². The van der Waals surface area contributed by atoms with Gasteiger partial charge in [0.2, 0.25) is 17.8 Å². The molecule has 2 heterocycles. The molecule has 1 aliphatic rings. The van der Waals surface area contributed by atoms with E-state index in [2.05, 4.69) is 54.1 Å². The fraction of sp³-hybridized carbons (Fsp3) is 0.357. The highest BCUT2D eigenvalue weighted by molar-refractivity contribution is 5.92. The minimum Gasteiger partial charge on any atom is -0.368 e. The summed E-state index contributed by atoms with van der Waals surface area (Å²) < 4.78 is 0. The van der Waals surface area contributed by atoms with Crippen molar-refractivity contribution < 1.29 is 9.59 Å². The largest absolute Gasteiger partial charge is 0.368 e. The van der Waals surface area contributed by atoms with Gasteiger partial charge in [-0.3, -0.25) is 14.7 Å². The number of aromatic nitrogens is 4. The summed E-state index contributed by atoms with van der Waals surface area (Å²) in [5, 5.41) is 28.9. The van der Waals surface area contributed by atoms with Crippen LogP contribution in [0.5, 0.6) is 0 Å². The van der Waals surface area contributed by atoms with Crippen LogP contribution in [0.25, 0.3) is 0 Å². The summed E-state index contributed by atoms with van der Waals surface area (Å²) in [6.07, 6.45) is 5.09. The lowest BCUT2D eigenvalue weighted by atomic mass is 9.83. The molecule has 0 bridgehead atoms. The number of likely N-dealkylation sites (N-methyl/N-ethyl adjacent to an activating group) is 1. The van der Waals surface area contributed by atoms with Crippen molar-refractivity contribution in [1.29, 1.82) is 5.26 Å². The molecule has 0 spiro atoms. The van der Waals surface area contributed by atoms with Gasteiger partial charge in [-0.25, -0.2) is 0 Å². The lowest BCUT2D eigenvalue weighted by Gasteiger charge is -2.23. The van der Waals surface area contributed by atoms with Crippen LogP contribution in [-0.2, 0) is 16.0 Å². The Morgan fingerprint density at radius 3 is 2.58 bits per heavy atom. The summed E-state index contributed by atoms with van der Waals surface area (Å²) in [6.45, 7) is 5.82. The molecular formula is C28H34N10O2. The molecule has 0 aliphatic heterocycles. The van der Waals surface area contributed by atoms with Crippen molar-refractivity contribution in [2.45, 2.75) is 44.6 Å². The first-order chi connectivity index (χ1) is 19.4. The second-order valence-electron chi connectivity index (χ2n) is 9.63. The molecule has 4 rings (SSSR count). The Hall–Kier alpha value is -4.92. The molecule has 208 valence electrons. The molecule has 2 aromatic heterocycles. The second-order valence-corrected chi connectivity index (χ2v) is 9.63. The van der Waals surface area contributed by atoms with Crippen LogP contribution in [0.15, 0.2) is 49.1 Å². The number of rotatable bonds is 13. The van der Waals surface area contributed by atoms with Crippen molar-refractivity contribution in [2.24, 2.45) is 0 Å². The minimum absolute atomic E-state index is 0.271. The van der Waals surface area contributed by atoms with Crippen LogP contribution in [0.4, 0.5) is 29.1 Å². The van der Waals surface area contributed by atoms with Gasteiger partial charge in [0.25, 0.3) is 0 Å². The van der Waals surface area contributed by atoms with Crippen molar-refractivity contribution in [2.75, 3.05) is 36.1 Å². The maximum absolute atomic E-state index is 12.4. The molecule has 0 unspecified atom stereocenters. The maximum Gasteiger partial charge on any atom is 0.246 e. The Balaban J connectivity index is 1.42. The Labute approximate surface area is 233 Å². The summed E-state index contributed by atoms with van der Waals surface area (Å²) in [5.74, 6) is 2.03. The minimum atomic E-state index is -0.630. The highest BCUT2D eigenvalue weighted by Gasteiger charge is 2.22. The number of nitriles is 1. The van der Waals surface area contributed by atoms with E-state index in [0.717, 1.165) is 16.9 Å². The van der Waals surface area contributed by atoms with Crippen molar-refractivity contribution in [3.8, 4) is 6.07 Å². The van der Waals surface area contributed by atoms with Crippen LogP contribution in [-0.4, -0.2) is 63.1 Å². The summed E-state index contributed by atoms with van der Waals surface area (Å²) in [4.78, 5) is 34.7. The molecule has 1 fully saturated rings. The molecule has 12 heteroatoms. The van der Waals surface area contributed by atoms with E-state index in [1.54, 1.807) is 20.0 Å². The van der Waals surface area contributed by atoms with Crippen molar-refractivity contribution in [1.82, 2.24) is 30.4 Å². The zero-order valence-corrected chi connectivity index (χ0v) is 22.7. The molecule has 12 nitrogen and oxygen atoms in total. The number of hydrogen-bond acceptors (Lipinski definition) is 9. The number of nitrogens with one attached hydrogen (secondary N) is 5. The van der Waals surface area contributed by atoms with Gasteiger partial charge < -0.3 is 26.2 Å². The van der Waals surface area contributed by atoms with E-state index in [1.807, 2.05) is 30.3 Å². The molecule has 0 radical (unpaired) electrons. The number of H-pyrrole nitrogens is 1. The van der Waals surface area contributed by atoms with E-state index in [0.29, 0.717) is 48.8 Å². The van der Waals surface area contributed by atoms with E-state index in [-0.39, 0.29) is 11.8 Å². The van der Waals surface area contributed by atoms with E-state index < -0.39 is 6.04 Å². The molecule has 2 amide bonds. The van der Waals surface area contributed by atoms with Crippen LogP contribution < -0.4 is 21.3 Å². The number of nitrogens with zero attached hydrogens (tertiary/aromatic N) is 5. The van der Waals surface area contributed by atoms with Gasteiger partial charge in [-0.15, -0.1) is 0 Å². The lowest BCUT2D eigenvalue weighted by Crippen LogP contribution is -2.46. The van der Waals surface area contributed by atoms with Gasteiger partial charge in [-0.2, -0.15) is 20.3 Å². The third-order valence-electron chi connectivity index (χ3n) is 6.83. The third-order valence-corrected chi connectivity index (χ3v) is 6.83. The van der Waals surface area contributed by atoms with Gasteiger partial charge in [-0.05, 0) is 43.5 Å². The summed E-state index contributed by atoms with van der Waals surface area (Å²) in [5.41, 5.74) is 2.81. The number of benzene rings is 1.